The van der Waals surface area contributed by atoms with Gasteiger partial charge in [-0.3, -0.25) is 10.00 Å². The number of nitrogens with one attached hydrogen (secondary N) is 2. The first-order chi connectivity index (χ1) is 20.4. The zero-order valence-electron chi connectivity index (χ0n) is 24.4. The Kier molecular flexibility index (Phi) is 10.2. The third-order valence-electron chi connectivity index (χ3n) is 6.90. The van der Waals surface area contributed by atoms with Crippen molar-refractivity contribution in [2.24, 2.45) is 0 Å². The molecule has 0 aliphatic carbocycles. The second kappa shape index (κ2) is 14.2. The molecule has 0 spiro atoms. The summed E-state index contributed by atoms with van der Waals surface area (Å²) in [6.07, 6.45) is 0. The quantitative estimate of drug-likeness (QED) is 0.158. The molecule has 0 atom stereocenters. The molecule has 1 fully saturated rings. The van der Waals surface area contributed by atoms with E-state index in [0.717, 1.165) is 60.6 Å². The monoisotopic (exact) mass is 608 g/mol. The van der Waals surface area contributed by atoms with Crippen LogP contribution in [0.15, 0.2) is 69.5 Å². The molecule has 3 heterocycles. The number of aromatic amines is 1. The number of benzene rings is 2. The molecule has 0 bridgehead atoms. The van der Waals surface area contributed by atoms with Gasteiger partial charge in [0.15, 0.2) is 22.6 Å². The van der Waals surface area contributed by atoms with Gasteiger partial charge in [0.2, 0.25) is 5.75 Å². The number of anilines is 3. The number of halogens is 1. The third-order valence-corrected chi connectivity index (χ3v) is 8.84. The number of piperazine rings is 1. The van der Waals surface area contributed by atoms with Crippen molar-refractivity contribution in [3.05, 3.63) is 71.7 Å². The minimum atomic E-state index is -0.172. The summed E-state index contributed by atoms with van der Waals surface area (Å²) in [6.45, 7) is 7.64. The summed E-state index contributed by atoms with van der Waals surface area (Å²) in [7, 11) is 5.87. The van der Waals surface area contributed by atoms with E-state index in [4.69, 9.17) is 14.7 Å². The first-order valence-corrected chi connectivity index (χ1v) is 15.7. The van der Waals surface area contributed by atoms with Gasteiger partial charge in [0.25, 0.3) is 0 Å². The zero-order valence-corrected chi connectivity index (χ0v) is 26.1. The van der Waals surface area contributed by atoms with E-state index in [1.165, 1.54) is 17.8 Å². The molecular formula is C30H37FN8OS2. The van der Waals surface area contributed by atoms with Crippen LogP contribution in [0.25, 0.3) is 0 Å². The Balaban J connectivity index is 1.34. The van der Waals surface area contributed by atoms with Gasteiger partial charge < -0.3 is 19.9 Å². The van der Waals surface area contributed by atoms with Gasteiger partial charge in [0.05, 0.1) is 7.11 Å². The predicted octanol–water partition coefficient (Wildman–Crippen LogP) is 5.53. The maximum atomic E-state index is 14.0. The Labute approximate surface area is 255 Å². The number of hydrogen-bond donors (Lipinski definition) is 2. The number of likely N-dealkylation sites (N-methyl/N-ethyl adjacent to an activating group) is 1. The van der Waals surface area contributed by atoms with Crippen molar-refractivity contribution in [3.63, 3.8) is 0 Å². The second-order valence-electron chi connectivity index (χ2n) is 10.4. The highest BCUT2D eigenvalue weighted by molar-refractivity contribution is 7.99. The lowest BCUT2D eigenvalue weighted by Gasteiger charge is -2.36. The molecule has 1 aliphatic heterocycles. The van der Waals surface area contributed by atoms with Crippen molar-refractivity contribution in [3.8, 4) is 5.75 Å². The highest BCUT2D eigenvalue weighted by Crippen LogP contribution is 2.38. The van der Waals surface area contributed by atoms with Crippen LogP contribution in [-0.4, -0.2) is 90.4 Å². The number of ether oxygens (including phenoxy) is 1. The lowest BCUT2D eigenvalue weighted by molar-refractivity contribution is 0.228. The van der Waals surface area contributed by atoms with E-state index in [2.05, 4.69) is 68.6 Å². The fourth-order valence-corrected chi connectivity index (χ4v) is 6.20. The van der Waals surface area contributed by atoms with Crippen molar-refractivity contribution in [2.45, 2.75) is 27.6 Å². The van der Waals surface area contributed by atoms with E-state index in [-0.39, 0.29) is 5.82 Å². The van der Waals surface area contributed by atoms with Crippen molar-refractivity contribution in [1.82, 2.24) is 30.0 Å². The number of hydrogen-bond acceptors (Lipinski definition) is 10. The smallest absolute Gasteiger partial charge is 0.204 e. The number of nitrogens with zero attached hydrogens (tertiary/aromatic N) is 6. The molecule has 0 amide bonds. The van der Waals surface area contributed by atoms with Crippen LogP contribution in [0.5, 0.6) is 5.75 Å². The minimum Gasteiger partial charge on any atom is -0.490 e. The van der Waals surface area contributed by atoms with Gasteiger partial charge in [-0.05, 0) is 68.7 Å². The molecular weight excluding hydrogens is 572 g/mol. The van der Waals surface area contributed by atoms with E-state index in [1.54, 1.807) is 24.9 Å². The Bertz CT molecular complexity index is 1460. The van der Waals surface area contributed by atoms with E-state index >= 15 is 0 Å². The number of aromatic nitrogens is 4. The highest BCUT2D eigenvalue weighted by atomic mass is 32.2. The third kappa shape index (κ3) is 7.94. The summed E-state index contributed by atoms with van der Waals surface area (Å²) >= 11 is 3.10. The molecule has 222 valence electrons. The molecule has 2 aromatic carbocycles. The summed E-state index contributed by atoms with van der Waals surface area (Å²) in [5, 5.41) is 11.2. The van der Waals surface area contributed by atoms with Crippen molar-refractivity contribution >= 4 is 41.0 Å². The van der Waals surface area contributed by atoms with Gasteiger partial charge >= 0.3 is 0 Å². The lowest BCUT2D eigenvalue weighted by Crippen LogP contribution is -2.48. The van der Waals surface area contributed by atoms with Crippen molar-refractivity contribution in [2.75, 3.05) is 70.7 Å². The normalized spacial score (nSPS) is 14.0. The fourth-order valence-electron chi connectivity index (χ4n) is 4.57. The maximum absolute atomic E-state index is 14.0. The van der Waals surface area contributed by atoms with Gasteiger partial charge in [0.1, 0.15) is 5.82 Å². The number of methoxy groups -OCH3 is 1. The molecule has 2 aromatic heterocycles. The van der Waals surface area contributed by atoms with E-state index in [0.29, 0.717) is 33.9 Å². The van der Waals surface area contributed by atoms with Crippen LogP contribution in [0.3, 0.4) is 0 Å². The summed E-state index contributed by atoms with van der Waals surface area (Å²) in [6, 6.07) is 17.0. The Morgan fingerprint density at radius 1 is 1.02 bits per heavy atom. The maximum Gasteiger partial charge on any atom is 0.204 e. The van der Waals surface area contributed by atoms with E-state index < -0.39 is 0 Å². The molecule has 2 N–H and O–H groups in total. The molecule has 5 rings (SSSR count). The SMILES string of the molecule is COc1c(Nc2cc(C)[nH]n2)nc(Sc2ccc(SCc3ccccc3F)cc2)nc1N1CCN(CCN(C)C)CC1. The van der Waals surface area contributed by atoms with Gasteiger partial charge in [-0.2, -0.15) is 5.10 Å². The molecule has 42 heavy (non-hydrogen) atoms. The summed E-state index contributed by atoms with van der Waals surface area (Å²) in [5.41, 5.74) is 1.65. The van der Waals surface area contributed by atoms with Crippen LogP contribution in [0.2, 0.25) is 0 Å². The zero-order chi connectivity index (χ0) is 29.5. The van der Waals surface area contributed by atoms with Crippen LogP contribution in [-0.2, 0) is 5.75 Å². The number of rotatable bonds is 12. The average molecular weight is 609 g/mol. The molecule has 1 aliphatic rings. The van der Waals surface area contributed by atoms with Gasteiger partial charge in [-0.1, -0.05) is 18.2 Å². The topological polar surface area (TPSA) is 85.4 Å². The Morgan fingerprint density at radius 3 is 2.43 bits per heavy atom. The van der Waals surface area contributed by atoms with E-state index in [9.17, 15) is 4.39 Å². The summed E-state index contributed by atoms with van der Waals surface area (Å²) in [5.74, 6) is 3.01. The van der Waals surface area contributed by atoms with Crippen LogP contribution < -0.4 is 15.0 Å². The largest absolute Gasteiger partial charge is 0.490 e. The molecule has 1 saturated heterocycles. The highest BCUT2D eigenvalue weighted by Gasteiger charge is 2.25. The number of aryl methyl sites for hydroxylation is 1. The predicted molar refractivity (Wildman–Crippen MR) is 169 cm³/mol. The minimum absolute atomic E-state index is 0.172. The van der Waals surface area contributed by atoms with Crippen molar-refractivity contribution in [1.29, 1.82) is 0 Å². The van der Waals surface area contributed by atoms with Crippen LogP contribution >= 0.6 is 23.5 Å². The molecule has 9 nitrogen and oxygen atoms in total. The standard InChI is InChI=1S/C30H37FN8OS2/c1-21-19-26(36-35-21)32-28-27(40-4)29(39-17-15-38(16-18-39)14-13-37(2)3)34-30(33-28)42-24-11-9-23(10-12-24)41-20-22-7-5-6-8-25(22)31/h5-12,19H,13-18,20H2,1-4H3,(H2,32,33,34,35,36). The van der Waals surface area contributed by atoms with Gasteiger partial charge in [-0.15, -0.1) is 11.8 Å². The Hall–Kier alpha value is -3.32. The molecule has 4 aromatic rings. The first kappa shape index (κ1) is 30.1. The molecule has 0 radical (unpaired) electrons. The average Bonchev–Trinajstić information content (AvgIpc) is 3.40. The Morgan fingerprint density at radius 2 is 1.76 bits per heavy atom. The summed E-state index contributed by atoms with van der Waals surface area (Å²) < 4.78 is 19.9. The van der Waals surface area contributed by atoms with Crippen LogP contribution in [0.1, 0.15) is 11.3 Å². The number of H-pyrrole nitrogens is 1. The molecule has 12 heteroatoms. The second-order valence-corrected chi connectivity index (χ2v) is 12.4. The van der Waals surface area contributed by atoms with Crippen LogP contribution in [0.4, 0.5) is 21.8 Å². The first-order valence-electron chi connectivity index (χ1n) is 13.9. The van der Waals surface area contributed by atoms with Gasteiger partial charge in [0, 0.05) is 66.6 Å². The van der Waals surface area contributed by atoms with Crippen LogP contribution in [0, 0.1) is 12.7 Å². The van der Waals surface area contributed by atoms with E-state index in [1.807, 2.05) is 25.1 Å². The summed E-state index contributed by atoms with van der Waals surface area (Å²) in [4.78, 5) is 18.9. The van der Waals surface area contributed by atoms with Gasteiger partial charge in [-0.25, -0.2) is 14.4 Å². The molecule has 0 unspecified atom stereocenters. The lowest BCUT2D eigenvalue weighted by atomic mass is 10.2. The number of thioether (sulfide) groups is 1. The fraction of sp³-hybridized carbons (Fsp3) is 0.367. The molecule has 0 saturated carbocycles. The van der Waals surface area contributed by atoms with Crippen molar-refractivity contribution < 1.29 is 9.13 Å².